The molecule has 3 rings (SSSR count). The van der Waals surface area contributed by atoms with E-state index < -0.39 is 29.2 Å². The van der Waals surface area contributed by atoms with E-state index in [2.05, 4.69) is 5.32 Å². The molecule has 132 valence electrons. The number of fused-ring (bicyclic) bond motifs is 1. The summed E-state index contributed by atoms with van der Waals surface area (Å²) >= 11 is 0. The maximum absolute atomic E-state index is 15.8. The molecule has 1 N–H and O–H groups in total. The van der Waals surface area contributed by atoms with E-state index >= 15 is 4.39 Å². The Balaban J connectivity index is 1.94. The van der Waals surface area contributed by atoms with Crippen molar-refractivity contribution in [2.75, 3.05) is 0 Å². The number of amides is 1. The molecule has 2 atom stereocenters. The summed E-state index contributed by atoms with van der Waals surface area (Å²) in [6.45, 7) is 5.11. The van der Waals surface area contributed by atoms with E-state index in [0.717, 1.165) is 0 Å². The first-order chi connectivity index (χ1) is 11.7. The lowest BCUT2D eigenvalue weighted by atomic mass is 9.90. The number of benzene rings is 1. The van der Waals surface area contributed by atoms with Gasteiger partial charge in [0.05, 0.1) is 6.26 Å². The molecule has 1 aliphatic rings. The number of hydrogen-bond donors (Lipinski definition) is 1. The fraction of sp³-hybridized carbons (Fsp3) is 0.368. The van der Waals surface area contributed by atoms with E-state index in [1.165, 1.54) is 12.3 Å². The third kappa shape index (κ3) is 3.29. The summed E-state index contributed by atoms with van der Waals surface area (Å²) < 4.78 is 26.3. The molecule has 1 aliphatic carbocycles. The Kier molecular flexibility index (Phi) is 4.14. The van der Waals surface area contributed by atoms with Gasteiger partial charge in [-0.15, -0.1) is 0 Å². The molecular weight excluding hydrogens is 325 g/mol. The molecule has 25 heavy (non-hydrogen) atoms. The lowest BCUT2D eigenvalue weighted by molar-refractivity contribution is 0.0346. The summed E-state index contributed by atoms with van der Waals surface area (Å²) in [5.74, 6) is -0.505. The second-order valence-electron chi connectivity index (χ2n) is 7.12. The normalized spacial score (nSPS) is 20.9. The van der Waals surface area contributed by atoms with E-state index in [1.807, 2.05) is 0 Å². The van der Waals surface area contributed by atoms with Crippen molar-refractivity contribution < 1.29 is 23.1 Å². The minimum Gasteiger partial charge on any atom is -0.467 e. The first-order valence-corrected chi connectivity index (χ1v) is 8.05. The first kappa shape index (κ1) is 17.2. The Hall–Kier alpha value is -2.63. The van der Waals surface area contributed by atoms with Gasteiger partial charge in [0, 0.05) is 12.0 Å². The van der Waals surface area contributed by atoms with Gasteiger partial charge in [-0.1, -0.05) is 24.3 Å². The minimum atomic E-state index is -2.33. The topological polar surface area (TPSA) is 68.5 Å². The molecule has 1 amide bonds. The van der Waals surface area contributed by atoms with Crippen LogP contribution in [0.1, 0.15) is 48.5 Å². The largest absolute Gasteiger partial charge is 0.467 e. The molecule has 0 saturated heterocycles. The van der Waals surface area contributed by atoms with Gasteiger partial charge in [-0.3, -0.25) is 4.79 Å². The summed E-state index contributed by atoms with van der Waals surface area (Å²) in [4.78, 5) is 24.9. The Morgan fingerprint density at radius 3 is 2.60 bits per heavy atom. The Morgan fingerprint density at radius 2 is 2.00 bits per heavy atom. The molecular formula is C19H20FNO4. The summed E-state index contributed by atoms with van der Waals surface area (Å²) in [6.07, 6.45) is 0.424. The number of nitrogens with one attached hydrogen (secondary N) is 1. The van der Waals surface area contributed by atoms with Gasteiger partial charge in [-0.2, -0.15) is 0 Å². The maximum Gasteiger partial charge on any atom is 0.408 e. The van der Waals surface area contributed by atoms with Crippen molar-refractivity contribution in [1.82, 2.24) is 5.32 Å². The zero-order valence-corrected chi connectivity index (χ0v) is 14.3. The number of hydrogen-bond acceptors (Lipinski definition) is 4. The summed E-state index contributed by atoms with van der Waals surface area (Å²) in [5, 5.41) is 2.47. The van der Waals surface area contributed by atoms with E-state index in [1.54, 1.807) is 51.1 Å². The maximum atomic E-state index is 15.8. The number of ketones is 1. The number of alkyl carbamates (subject to hydrolysis) is 1. The van der Waals surface area contributed by atoms with Crippen LogP contribution in [-0.4, -0.2) is 23.1 Å². The van der Waals surface area contributed by atoms with E-state index in [4.69, 9.17) is 9.15 Å². The van der Waals surface area contributed by atoms with E-state index in [0.29, 0.717) is 11.1 Å². The highest BCUT2D eigenvalue weighted by atomic mass is 19.1. The molecule has 0 aliphatic heterocycles. The highest BCUT2D eigenvalue weighted by Crippen LogP contribution is 2.42. The highest BCUT2D eigenvalue weighted by Gasteiger charge is 2.54. The van der Waals surface area contributed by atoms with Gasteiger partial charge in [0.15, 0.2) is 0 Å². The van der Waals surface area contributed by atoms with Crippen LogP contribution in [0.4, 0.5) is 9.18 Å². The molecule has 2 aromatic rings. The van der Waals surface area contributed by atoms with Gasteiger partial charge >= 0.3 is 6.09 Å². The predicted molar refractivity (Wildman–Crippen MR) is 89.1 cm³/mol. The average molecular weight is 345 g/mol. The van der Waals surface area contributed by atoms with E-state index in [9.17, 15) is 9.59 Å². The molecule has 6 heteroatoms. The number of Topliss-reactive ketones (excluding diaryl/α,β-unsaturated/α-hetero) is 1. The molecule has 0 spiro atoms. The van der Waals surface area contributed by atoms with Crippen LogP contribution in [0.25, 0.3) is 0 Å². The fourth-order valence-electron chi connectivity index (χ4n) is 3.00. The van der Waals surface area contributed by atoms with Crippen LogP contribution in [0.2, 0.25) is 0 Å². The van der Waals surface area contributed by atoms with Crippen molar-refractivity contribution in [2.45, 2.75) is 44.5 Å². The number of carbonyl (C=O) groups is 2. The third-order valence-corrected chi connectivity index (χ3v) is 4.03. The molecule has 5 nitrogen and oxygen atoms in total. The van der Waals surface area contributed by atoms with Crippen molar-refractivity contribution in [3.05, 3.63) is 59.5 Å². The smallest absolute Gasteiger partial charge is 0.408 e. The molecule has 0 bridgehead atoms. The summed E-state index contributed by atoms with van der Waals surface area (Å²) in [7, 11) is 0. The quantitative estimate of drug-likeness (QED) is 0.913. The lowest BCUT2D eigenvalue weighted by Gasteiger charge is -2.29. The van der Waals surface area contributed by atoms with Crippen molar-refractivity contribution in [1.29, 1.82) is 0 Å². The van der Waals surface area contributed by atoms with Crippen molar-refractivity contribution in [2.24, 2.45) is 0 Å². The zero-order valence-electron chi connectivity index (χ0n) is 14.3. The predicted octanol–water partition coefficient (Wildman–Crippen LogP) is 3.99. The monoisotopic (exact) mass is 345 g/mol. The second-order valence-corrected chi connectivity index (χ2v) is 7.12. The number of carbonyl (C=O) groups excluding carboxylic acids is 2. The van der Waals surface area contributed by atoms with Crippen LogP contribution in [0.5, 0.6) is 0 Å². The Morgan fingerprint density at radius 1 is 1.28 bits per heavy atom. The number of halogens is 1. The standard InChI is InChI=1S/C19H20FNO4/c1-18(2,3)25-17(23)21-15(14-9-6-10-24-14)19(20)11-12-7-4-5-8-13(12)16(19)22/h4-10,15H,11H2,1-3H3,(H,21,23)/t15-,19-/m0/s1. The van der Waals surface area contributed by atoms with Gasteiger partial charge in [0.2, 0.25) is 11.5 Å². The molecule has 0 unspecified atom stereocenters. The SMILES string of the molecule is CC(C)(C)OC(=O)N[C@@H](c1ccco1)[C@@]1(F)Cc2ccccc2C1=O. The average Bonchev–Trinajstić information content (AvgIpc) is 3.12. The first-order valence-electron chi connectivity index (χ1n) is 8.05. The van der Waals surface area contributed by atoms with Crippen LogP contribution < -0.4 is 5.32 Å². The Labute approximate surface area is 145 Å². The lowest BCUT2D eigenvalue weighted by Crippen LogP contribution is -2.48. The number of furan rings is 1. The molecule has 0 saturated carbocycles. The van der Waals surface area contributed by atoms with Gasteiger partial charge in [-0.05, 0) is 38.5 Å². The van der Waals surface area contributed by atoms with Gasteiger partial charge in [-0.25, -0.2) is 9.18 Å². The van der Waals surface area contributed by atoms with Crippen molar-refractivity contribution >= 4 is 11.9 Å². The van der Waals surface area contributed by atoms with E-state index in [-0.39, 0.29) is 12.2 Å². The number of ether oxygens (including phenoxy) is 1. The second kappa shape index (κ2) is 6.02. The number of alkyl halides is 1. The molecule has 1 aromatic heterocycles. The summed E-state index contributed by atoms with van der Waals surface area (Å²) in [6, 6.07) is 8.56. The van der Waals surface area contributed by atoms with Gasteiger partial charge in [0.1, 0.15) is 17.4 Å². The van der Waals surface area contributed by atoms with Crippen LogP contribution in [0.3, 0.4) is 0 Å². The Bertz CT molecular complexity index is 794. The highest BCUT2D eigenvalue weighted by molar-refractivity contribution is 6.07. The molecule has 0 radical (unpaired) electrons. The summed E-state index contributed by atoms with van der Waals surface area (Å²) in [5.41, 5.74) is -2.15. The van der Waals surface area contributed by atoms with Gasteiger partial charge < -0.3 is 14.5 Å². The van der Waals surface area contributed by atoms with Crippen LogP contribution >= 0.6 is 0 Å². The van der Waals surface area contributed by atoms with Crippen LogP contribution in [0, 0.1) is 0 Å². The fourth-order valence-corrected chi connectivity index (χ4v) is 3.00. The molecule has 1 heterocycles. The molecule has 0 fully saturated rings. The van der Waals surface area contributed by atoms with Crippen molar-refractivity contribution in [3.8, 4) is 0 Å². The third-order valence-electron chi connectivity index (χ3n) is 4.03. The zero-order chi connectivity index (χ0) is 18.2. The van der Waals surface area contributed by atoms with Crippen LogP contribution in [0.15, 0.2) is 47.1 Å². The minimum absolute atomic E-state index is 0.136. The molecule has 1 aromatic carbocycles. The van der Waals surface area contributed by atoms with Gasteiger partial charge in [0.25, 0.3) is 0 Å². The van der Waals surface area contributed by atoms with Crippen LogP contribution in [-0.2, 0) is 11.2 Å². The van der Waals surface area contributed by atoms with Crippen molar-refractivity contribution in [3.63, 3.8) is 0 Å². The number of rotatable bonds is 3.